The van der Waals surface area contributed by atoms with Gasteiger partial charge in [-0.3, -0.25) is 4.79 Å². The molecule has 0 unspecified atom stereocenters. The van der Waals surface area contributed by atoms with Gasteiger partial charge in [0.2, 0.25) is 0 Å². The molecule has 0 radical (unpaired) electrons. The number of hydrogen-bond donors (Lipinski definition) is 1. The molecule has 1 saturated heterocycles. The van der Waals surface area contributed by atoms with Gasteiger partial charge in [0.1, 0.15) is 6.29 Å². The van der Waals surface area contributed by atoms with Crippen molar-refractivity contribution in [3.05, 3.63) is 23.8 Å². The number of nitrogens with two attached hydrogens (primary N) is 1. The van der Waals surface area contributed by atoms with E-state index in [-0.39, 0.29) is 0 Å². The van der Waals surface area contributed by atoms with Crippen molar-refractivity contribution in [1.29, 1.82) is 0 Å². The van der Waals surface area contributed by atoms with E-state index in [4.69, 9.17) is 15.0 Å². The van der Waals surface area contributed by atoms with Gasteiger partial charge in [0.15, 0.2) is 0 Å². The van der Waals surface area contributed by atoms with Crippen LogP contribution in [0.4, 0.5) is 5.69 Å². The van der Waals surface area contributed by atoms with E-state index >= 15 is 0 Å². The van der Waals surface area contributed by atoms with Gasteiger partial charge in [-0.1, -0.05) is 6.07 Å². The molecule has 1 aromatic carbocycles. The van der Waals surface area contributed by atoms with E-state index < -0.39 is 18.3 Å². The van der Waals surface area contributed by atoms with E-state index in [2.05, 4.69) is 0 Å². The van der Waals surface area contributed by atoms with Crippen LogP contribution in [0.25, 0.3) is 0 Å². The Morgan fingerprint density at radius 3 is 2.17 bits per heavy atom. The zero-order valence-corrected chi connectivity index (χ0v) is 11.2. The lowest BCUT2D eigenvalue weighted by atomic mass is 9.78. The molecule has 0 aromatic heterocycles. The highest BCUT2D eigenvalue weighted by Gasteiger charge is 2.51. The molecule has 0 spiro atoms. The molecule has 0 amide bonds. The number of anilines is 1. The molecule has 5 heteroatoms. The number of carbonyl (C=O) groups excluding carboxylic acids is 1. The van der Waals surface area contributed by atoms with Crippen molar-refractivity contribution in [2.45, 2.75) is 38.9 Å². The van der Waals surface area contributed by atoms with E-state index in [9.17, 15) is 4.79 Å². The fraction of sp³-hybridized carbons (Fsp3) is 0.462. The first-order valence-electron chi connectivity index (χ1n) is 5.96. The minimum atomic E-state index is -0.489. The van der Waals surface area contributed by atoms with Crippen LogP contribution in [0.1, 0.15) is 38.1 Å². The summed E-state index contributed by atoms with van der Waals surface area (Å²) in [6.45, 7) is 7.94. The van der Waals surface area contributed by atoms with Crippen LogP contribution in [-0.4, -0.2) is 24.6 Å². The Morgan fingerprint density at radius 1 is 1.11 bits per heavy atom. The van der Waals surface area contributed by atoms with E-state index in [1.165, 1.54) is 0 Å². The van der Waals surface area contributed by atoms with Crippen LogP contribution < -0.4 is 11.2 Å². The molecule has 2 N–H and O–H groups in total. The summed E-state index contributed by atoms with van der Waals surface area (Å²) in [6, 6.07) is 5.14. The summed E-state index contributed by atoms with van der Waals surface area (Å²) in [5, 5.41) is 0. The monoisotopic (exact) mass is 247 g/mol. The van der Waals surface area contributed by atoms with Crippen LogP contribution in [0, 0.1) is 0 Å². The number of benzene rings is 1. The highest BCUT2D eigenvalue weighted by Crippen LogP contribution is 2.36. The van der Waals surface area contributed by atoms with E-state index in [1.807, 2.05) is 27.7 Å². The predicted octanol–water partition coefficient (Wildman–Crippen LogP) is 1.38. The maximum absolute atomic E-state index is 10.8. The Bertz CT molecular complexity index is 469. The van der Waals surface area contributed by atoms with Crippen LogP contribution in [0.2, 0.25) is 0 Å². The summed E-state index contributed by atoms with van der Waals surface area (Å²) in [5.41, 5.74) is 6.80. The lowest BCUT2D eigenvalue weighted by Crippen LogP contribution is -2.41. The average molecular weight is 247 g/mol. The summed E-state index contributed by atoms with van der Waals surface area (Å²) in [4.78, 5) is 10.8. The predicted molar refractivity (Wildman–Crippen MR) is 72.0 cm³/mol. The smallest absolute Gasteiger partial charge is 0.399 e. The van der Waals surface area contributed by atoms with Gasteiger partial charge in [0.25, 0.3) is 0 Å². The molecule has 0 bridgehead atoms. The molecule has 18 heavy (non-hydrogen) atoms. The molecule has 1 aromatic rings. The largest absolute Gasteiger partial charge is 0.494 e. The second-order valence-corrected chi connectivity index (χ2v) is 5.64. The Kier molecular flexibility index (Phi) is 2.99. The zero-order chi connectivity index (χ0) is 13.6. The molecule has 0 atom stereocenters. The van der Waals surface area contributed by atoms with Crippen molar-refractivity contribution in [2.24, 2.45) is 0 Å². The van der Waals surface area contributed by atoms with Crippen LogP contribution in [0.5, 0.6) is 0 Å². The van der Waals surface area contributed by atoms with Gasteiger partial charge in [0, 0.05) is 11.3 Å². The van der Waals surface area contributed by atoms with Gasteiger partial charge >= 0.3 is 7.12 Å². The van der Waals surface area contributed by atoms with E-state index in [0.29, 0.717) is 11.3 Å². The highest BCUT2D eigenvalue weighted by atomic mass is 16.7. The number of rotatable bonds is 2. The van der Waals surface area contributed by atoms with Gasteiger partial charge in [-0.05, 0) is 45.3 Å². The van der Waals surface area contributed by atoms with Crippen LogP contribution in [-0.2, 0) is 9.31 Å². The van der Waals surface area contributed by atoms with Crippen LogP contribution in [0.15, 0.2) is 18.2 Å². The molecular weight excluding hydrogens is 229 g/mol. The molecular formula is C13H18BNO3. The maximum Gasteiger partial charge on any atom is 0.494 e. The summed E-state index contributed by atoms with van der Waals surface area (Å²) in [6.07, 6.45) is 0.769. The van der Waals surface area contributed by atoms with Crippen molar-refractivity contribution >= 4 is 24.6 Å². The van der Waals surface area contributed by atoms with Crippen LogP contribution >= 0.6 is 0 Å². The highest BCUT2D eigenvalue weighted by molar-refractivity contribution is 6.62. The third-order valence-corrected chi connectivity index (χ3v) is 3.66. The summed E-state index contributed by atoms with van der Waals surface area (Å²) in [5.74, 6) is 0. The Morgan fingerprint density at radius 2 is 1.67 bits per heavy atom. The van der Waals surface area contributed by atoms with Gasteiger partial charge in [0.05, 0.1) is 11.2 Å². The standard InChI is InChI=1S/C13H18BNO3/c1-12(2)13(3,4)18-14(17-12)10-5-9(8-16)6-11(15)7-10/h5-8H,15H2,1-4H3. The maximum atomic E-state index is 10.8. The van der Waals surface area contributed by atoms with Gasteiger partial charge in [-0.25, -0.2) is 0 Å². The number of nitrogen functional groups attached to an aromatic ring is 1. The molecule has 1 fully saturated rings. The Balaban J connectivity index is 2.35. The van der Waals surface area contributed by atoms with Crippen molar-refractivity contribution in [1.82, 2.24) is 0 Å². The van der Waals surface area contributed by atoms with Crippen molar-refractivity contribution in [3.8, 4) is 0 Å². The molecule has 1 heterocycles. The number of hydrogen-bond acceptors (Lipinski definition) is 4. The fourth-order valence-corrected chi connectivity index (χ4v) is 1.89. The minimum Gasteiger partial charge on any atom is -0.399 e. The Labute approximate surface area is 108 Å². The quantitative estimate of drug-likeness (QED) is 0.487. The summed E-state index contributed by atoms with van der Waals surface area (Å²) < 4.78 is 11.8. The first kappa shape index (κ1) is 13.1. The second-order valence-electron chi connectivity index (χ2n) is 5.64. The number of carbonyl (C=O) groups is 1. The van der Waals surface area contributed by atoms with Gasteiger partial charge in [-0.15, -0.1) is 0 Å². The molecule has 4 nitrogen and oxygen atoms in total. The second kappa shape index (κ2) is 4.11. The third-order valence-electron chi connectivity index (χ3n) is 3.66. The van der Waals surface area contributed by atoms with Crippen LogP contribution in [0.3, 0.4) is 0 Å². The molecule has 2 rings (SSSR count). The van der Waals surface area contributed by atoms with Gasteiger partial charge in [-0.2, -0.15) is 0 Å². The summed E-state index contributed by atoms with van der Waals surface area (Å²) >= 11 is 0. The topological polar surface area (TPSA) is 61.5 Å². The lowest BCUT2D eigenvalue weighted by molar-refractivity contribution is 0.00578. The fourth-order valence-electron chi connectivity index (χ4n) is 1.89. The zero-order valence-electron chi connectivity index (χ0n) is 11.2. The number of aldehydes is 1. The minimum absolute atomic E-state index is 0.399. The SMILES string of the molecule is CC1(C)OB(c2cc(N)cc(C=O)c2)OC1(C)C. The first-order valence-corrected chi connectivity index (χ1v) is 5.96. The molecule has 0 aliphatic carbocycles. The normalized spacial score (nSPS) is 21.0. The van der Waals surface area contributed by atoms with Crippen molar-refractivity contribution in [3.63, 3.8) is 0 Å². The third kappa shape index (κ3) is 2.16. The van der Waals surface area contributed by atoms with Crippen molar-refractivity contribution in [2.75, 3.05) is 5.73 Å². The molecule has 96 valence electrons. The van der Waals surface area contributed by atoms with Gasteiger partial charge < -0.3 is 15.0 Å². The summed E-state index contributed by atoms with van der Waals surface area (Å²) in [7, 11) is -0.489. The average Bonchev–Trinajstić information content (AvgIpc) is 2.47. The van der Waals surface area contributed by atoms with E-state index in [0.717, 1.165) is 11.7 Å². The van der Waals surface area contributed by atoms with E-state index in [1.54, 1.807) is 18.2 Å². The first-order chi connectivity index (χ1) is 8.25. The molecule has 1 aliphatic rings. The molecule has 1 aliphatic heterocycles. The molecule has 0 saturated carbocycles. The Hall–Kier alpha value is -1.33. The lowest BCUT2D eigenvalue weighted by Gasteiger charge is -2.32. The van der Waals surface area contributed by atoms with Crippen molar-refractivity contribution < 1.29 is 14.1 Å².